The summed E-state index contributed by atoms with van der Waals surface area (Å²) in [4.78, 5) is 18.3. The van der Waals surface area contributed by atoms with Gasteiger partial charge in [-0.15, -0.1) is 0 Å². The maximum absolute atomic E-state index is 13.7. The predicted molar refractivity (Wildman–Crippen MR) is 126 cm³/mol. The van der Waals surface area contributed by atoms with Gasteiger partial charge in [-0.25, -0.2) is 0 Å². The first kappa shape index (κ1) is 19.6. The highest BCUT2D eigenvalue weighted by Crippen LogP contribution is 2.31. The average Bonchev–Trinajstić information content (AvgIpc) is 3.17. The summed E-state index contributed by atoms with van der Waals surface area (Å²) >= 11 is 0. The number of carbonyl (C=O) groups excluding carboxylic acids is 1. The van der Waals surface area contributed by atoms with Crippen LogP contribution in [-0.4, -0.2) is 54.7 Å². The second kappa shape index (κ2) is 8.08. The minimum absolute atomic E-state index is 0.128. The normalized spacial score (nSPS) is 16.0. The van der Waals surface area contributed by atoms with E-state index in [4.69, 9.17) is 4.74 Å². The lowest BCUT2D eigenvalue weighted by Crippen LogP contribution is -2.52. The molecule has 1 unspecified atom stereocenters. The number of anilines is 1. The summed E-state index contributed by atoms with van der Waals surface area (Å²) in [6.45, 7) is 5.44. The SMILES string of the molecule is COc1ccccc1N1CCN(C(C)C(=O)n2c3ccccc3c3ccccc32)CC1. The fourth-order valence-corrected chi connectivity index (χ4v) is 4.74. The molecular formula is C26H27N3O2. The third-order valence-electron chi connectivity index (χ3n) is 6.45. The van der Waals surface area contributed by atoms with E-state index in [9.17, 15) is 4.79 Å². The molecule has 0 aliphatic carbocycles. The Hall–Kier alpha value is -3.31. The van der Waals surface area contributed by atoms with Crippen LogP contribution in [0.5, 0.6) is 5.75 Å². The van der Waals surface area contributed by atoms with Crippen LogP contribution in [0.25, 0.3) is 21.8 Å². The molecule has 1 atom stereocenters. The Balaban J connectivity index is 1.39. The zero-order valence-corrected chi connectivity index (χ0v) is 18.0. The van der Waals surface area contributed by atoms with E-state index in [1.165, 1.54) is 0 Å². The number of para-hydroxylation sites is 4. The van der Waals surface area contributed by atoms with E-state index in [1.54, 1.807) is 7.11 Å². The van der Waals surface area contributed by atoms with Crippen LogP contribution in [0.1, 0.15) is 11.7 Å². The van der Waals surface area contributed by atoms with E-state index >= 15 is 0 Å². The number of methoxy groups -OCH3 is 1. The third-order valence-corrected chi connectivity index (χ3v) is 6.45. The fraction of sp³-hybridized carbons (Fsp3) is 0.269. The second-order valence-corrected chi connectivity index (χ2v) is 8.08. The van der Waals surface area contributed by atoms with Crippen molar-refractivity contribution in [1.82, 2.24) is 9.47 Å². The van der Waals surface area contributed by atoms with Crippen LogP contribution >= 0.6 is 0 Å². The maximum Gasteiger partial charge on any atom is 0.248 e. The minimum Gasteiger partial charge on any atom is -0.495 e. The molecule has 0 amide bonds. The predicted octanol–water partition coefficient (Wildman–Crippen LogP) is 4.65. The van der Waals surface area contributed by atoms with E-state index in [2.05, 4.69) is 28.0 Å². The molecule has 0 saturated carbocycles. The summed E-state index contributed by atoms with van der Waals surface area (Å²) in [6, 6.07) is 24.3. The number of nitrogens with zero attached hydrogens (tertiary/aromatic N) is 3. The second-order valence-electron chi connectivity index (χ2n) is 8.08. The van der Waals surface area contributed by atoms with Crippen molar-refractivity contribution >= 4 is 33.4 Å². The van der Waals surface area contributed by atoms with Gasteiger partial charge in [0.1, 0.15) is 5.75 Å². The van der Waals surface area contributed by atoms with Crippen molar-refractivity contribution in [3.63, 3.8) is 0 Å². The summed E-state index contributed by atoms with van der Waals surface area (Å²) in [6.07, 6.45) is 0. The summed E-state index contributed by atoms with van der Waals surface area (Å²) < 4.78 is 7.43. The van der Waals surface area contributed by atoms with Crippen molar-refractivity contribution in [3.05, 3.63) is 72.8 Å². The molecule has 0 spiro atoms. The molecular weight excluding hydrogens is 386 g/mol. The van der Waals surface area contributed by atoms with E-state index in [0.717, 1.165) is 59.4 Å². The van der Waals surface area contributed by atoms with Gasteiger partial charge in [0.25, 0.3) is 0 Å². The van der Waals surface area contributed by atoms with Crippen LogP contribution in [0.2, 0.25) is 0 Å². The van der Waals surface area contributed by atoms with Crippen molar-refractivity contribution in [2.24, 2.45) is 0 Å². The van der Waals surface area contributed by atoms with Gasteiger partial charge in [0.05, 0.1) is 29.9 Å². The van der Waals surface area contributed by atoms with Crippen LogP contribution < -0.4 is 9.64 Å². The Kier molecular flexibility index (Phi) is 5.12. The fourth-order valence-electron chi connectivity index (χ4n) is 4.74. The molecule has 0 N–H and O–H groups in total. The highest BCUT2D eigenvalue weighted by Gasteiger charge is 2.29. The Morgan fingerprint density at radius 3 is 1.97 bits per heavy atom. The molecule has 0 bridgehead atoms. The Labute approximate surface area is 182 Å². The smallest absolute Gasteiger partial charge is 0.248 e. The lowest BCUT2D eigenvalue weighted by molar-refractivity contribution is 0.0753. The molecule has 158 valence electrons. The summed E-state index contributed by atoms with van der Waals surface area (Å²) in [5, 5.41) is 2.25. The number of rotatable bonds is 4. The first-order valence-electron chi connectivity index (χ1n) is 10.8. The maximum atomic E-state index is 13.7. The Morgan fingerprint density at radius 2 is 1.35 bits per heavy atom. The molecule has 31 heavy (non-hydrogen) atoms. The van der Waals surface area contributed by atoms with E-state index in [-0.39, 0.29) is 11.9 Å². The number of hydrogen-bond donors (Lipinski definition) is 0. The van der Waals surface area contributed by atoms with Gasteiger partial charge in [-0.1, -0.05) is 48.5 Å². The molecule has 1 aromatic heterocycles. The van der Waals surface area contributed by atoms with Gasteiger partial charge in [0, 0.05) is 37.0 Å². The zero-order valence-electron chi connectivity index (χ0n) is 18.0. The molecule has 1 aliphatic rings. The largest absolute Gasteiger partial charge is 0.495 e. The molecule has 5 nitrogen and oxygen atoms in total. The van der Waals surface area contributed by atoms with Crippen molar-refractivity contribution in [1.29, 1.82) is 0 Å². The number of carbonyl (C=O) groups is 1. The summed E-state index contributed by atoms with van der Waals surface area (Å²) in [7, 11) is 1.71. The molecule has 1 saturated heterocycles. The molecule has 5 rings (SSSR count). The Bertz CT molecular complexity index is 1180. The minimum atomic E-state index is -0.195. The number of piperazine rings is 1. The first-order chi connectivity index (χ1) is 15.2. The molecule has 1 fully saturated rings. The number of aromatic nitrogens is 1. The quantitative estimate of drug-likeness (QED) is 0.488. The van der Waals surface area contributed by atoms with Crippen molar-refractivity contribution in [2.45, 2.75) is 13.0 Å². The molecule has 3 aromatic carbocycles. The number of ether oxygens (including phenoxy) is 1. The number of hydrogen-bond acceptors (Lipinski definition) is 4. The van der Waals surface area contributed by atoms with Crippen molar-refractivity contribution < 1.29 is 9.53 Å². The summed E-state index contributed by atoms with van der Waals surface area (Å²) in [5.41, 5.74) is 3.08. The third kappa shape index (κ3) is 3.35. The van der Waals surface area contributed by atoms with Gasteiger partial charge in [-0.3, -0.25) is 14.3 Å². The average molecular weight is 414 g/mol. The molecule has 5 heteroatoms. The van der Waals surface area contributed by atoms with Crippen LogP contribution in [0.4, 0.5) is 5.69 Å². The van der Waals surface area contributed by atoms with Crippen LogP contribution in [0.15, 0.2) is 72.8 Å². The van der Waals surface area contributed by atoms with Gasteiger partial charge in [0.15, 0.2) is 0 Å². The van der Waals surface area contributed by atoms with E-state index in [0.29, 0.717) is 0 Å². The number of fused-ring (bicyclic) bond motifs is 3. The van der Waals surface area contributed by atoms with Crippen LogP contribution in [0.3, 0.4) is 0 Å². The highest BCUT2D eigenvalue weighted by atomic mass is 16.5. The highest BCUT2D eigenvalue weighted by molar-refractivity contribution is 6.13. The molecule has 2 heterocycles. The monoisotopic (exact) mass is 413 g/mol. The lowest BCUT2D eigenvalue weighted by atomic mass is 10.2. The van der Waals surface area contributed by atoms with Crippen LogP contribution in [-0.2, 0) is 0 Å². The van der Waals surface area contributed by atoms with E-state index < -0.39 is 0 Å². The van der Waals surface area contributed by atoms with E-state index in [1.807, 2.05) is 66.1 Å². The number of benzene rings is 3. The Morgan fingerprint density at radius 1 is 0.806 bits per heavy atom. The zero-order chi connectivity index (χ0) is 21.4. The molecule has 4 aromatic rings. The van der Waals surface area contributed by atoms with Crippen molar-refractivity contribution in [2.75, 3.05) is 38.2 Å². The molecule has 0 radical (unpaired) electrons. The topological polar surface area (TPSA) is 37.7 Å². The van der Waals surface area contributed by atoms with Gasteiger partial charge in [-0.05, 0) is 31.2 Å². The van der Waals surface area contributed by atoms with Gasteiger partial charge in [0.2, 0.25) is 5.91 Å². The van der Waals surface area contributed by atoms with Gasteiger partial charge >= 0.3 is 0 Å². The van der Waals surface area contributed by atoms with Gasteiger partial charge in [-0.2, -0.15) is 0 Å². The van der Waals surface area contributed by atoms with Crippen LogP contribution in [0, 0.1) is 0 Å². The van der Waals surface area contributed by atoms with Crippen molar-refractivity contribution in [3.8, 4) is 5.75 Å². The first-order valence-corrected chi connectivity index (χ1v) is 10.8. The molecule has 1 aliphatic heterocycles. The lowest BCUT2D eigenvalue weighted by Gasteiger charge is -2.39. The standard InChI is InChI=1S/C26H27N3O2/c1-19(27-15-17-28(18-16-27)24-13-7-8-14-25(24)31-2)26(30)29-22-11-5-3-9-20(22)21-10-4-6-12-23(21)29/h3-14,19H,15-18H2,1-2H3. The summed E-state index contributed by atoms with van der Waals surface area (Å²) in [5.74, 6) is 1.02. The van der Waals surface area contributed by atoms with Gasteiger partial charge < -0.3 is 9.64 Å².